The average molecular weight is 311 g/mol. The third-order valence-corrected chi connectivity index (χ3v) is 4.36. The molecule has 0 bridgehead atoms. The van der Waals surface area contributed by atoms with E-state index >= 15 is 0 Å². The van der Waals surface area contributed by atoms with E-state index in [4.69, 9.17) is 11.6 Å². The van der Waals surface area contributed by atoms with Crippen LogP contribution < -0.4 is 11.2 Å². The number of rotatable bonds is 2. The zero-order valence-electron chi connectivity index (χ0n) is 10.8. The number of imidazole rings is 1. The first-order chi connectivity index (χ1) is 9.49. The minimum Gasteiger partial charge on any atom is -0.328 e. The Morgan fingerprint density at radius 3 is 2.70 bits per heavy atom. The summed E-state index contributed by atoms with van der Waals surface area (Å²) in [4.78, 5) is 29.7. The maximum Gasteiger partial charge on any atom is 0.332 e. The van der Waals surface area contributed by atoms with Crippen LogP contribution in [0.4, 0.5) is 0 Å². The van der Waals surface area contributed by atoms with E-state index in [2.05, 4.69) is 4.98 Å². The Hall–Kier alpha value is -1.86. The van der Waals surface area contributed by atoms with Crippen LogP contribution in [0.1, 0.15) is 4.88 Å². The molecule has 0 unspecified atom stereocenters. The molecule has 0 N–H and O–H groups in total. The van der Waals surface area contributed by atoms with Crippen LogP contribution in [-0.4, -0.2) is 18.7 Å². The van der Waals surface area contributed by atoms with Gasteiger partial charge in [0.1, 0.15) is 0 Å². The Balaban J connectivity index is 2.27. The summed E-state index contributed by atoms with van der Waals surface area (Å²) in [7, 11) is 3.34. The lowest BCUT2D eigenvalue weighted by Gasteiger charge is -2.07. The lowest BCUT2D eigenvalue weighted by Crippen LogP contribution is -2.39. The molecule has 104 valence electrons. The Kier molecular flexibility index (Phi) is 3.02. The second-order valence-corrected chi connectivity index (χ2v) is 6.27. The fourth-order valence-corrected chi connectivity index (χ4v) is 3.20. The van der Waals surface area contributed by atoms with Crippen LogP contribution in [0.2, 0.25) is 4.34 Å². The van der Waals surface area contributed by atoms with E-state index in [1.54, 1.807) is 24.7 Å². The number of aromatic nitrogens is 4. The highest BCUT2D eigenvalue weighted by atomic mass is 35.5. The first-order valence-corrected chi connectivity index (χ1v) is 7.03. The minimum absolute atomic E-state index is 0.212. The van der Waals surface area contributed by atoms with Crippen molar-refractivity contribution in [2.75, 3.05) is 0 Å². The molecular weight excluding hydrogens is 300 g/mol. The smallest absolute Gasteiger partial charge is 0.328 e. The first-order valence-electron chi connectivity index (χ1n) is 5.84. The van der Waals surface area contributed by atoms with E-state index in [0.29, 0.717) is 15.5 Å². The first kappa shape index (κ1) is 13.1. The van der Waals surface area contributed by atoms with Gasteiger partial charge in [0, 0.05) is 19.0 Å². The Morgan fingerprint density at radius 1 is 1.30 bits per heavy atom. The summed E-state index contributed by atoms with van der Waals surface area (Å²) >= 11 is 7.23. The lowest BCUT2D eigenvalue weighted by atomic mass is 10.4. The molecule has 3 aromatic rings. The Bertz CT molecular complexity index is 918. The third kappa shape index (κ3) is 1.90. The number of thiophene rings is 1. The Morgan fingerprint density at radius 2 is 2.05 bits per heavy atom. The molecule has 0 saturated heterocycles. The van der Waals surface area contributed by atoms with Gasteiger partial charge in [-0.25, -0.2) is 9.78 Å². The van der Waals surface area contributed by atoms with Crippen LogP contribution in [0.15, 0.2) is 28.0 Å². The van der Waals surface area contributed by atoms with E-state index in [-0.39, 0.29) is 17.8 Å². The highest BCUT2D eigenvalue weighted by Crippen LogP contribution is 2.21. The van der Waals surface area contributed by atoms with Crippen molar-refractivity contribution in [3.8, 4) is 0 Å². The van der Waals surface area contributed by atoms with Crippen LogP contribution in [0.25, 0.3) is 11.2 Å². The van der Waals surface area contributed by atoms with Crippen molar-refractivity contribution in [2.45, 2.75) is 6.54 Å². The average Bonchev–Trinajstić information content (AvgIpc) is 2.98. The molecule has 6 nitrogen and oxygen atoms in total. The number of hydrogen-bond acceptors (Lipinski definition) is 4. The number of aryl methyl sites for hydroxylation is 2. The summed E-state index contributed by atoms with van der Waals surface area (Å²) in [6, 6.07) is 3.56. The van der Waals surface area contributed by atoms with Crippen LogP contribution >= 0.6 is 22.9 Å². The van der Waals surface area contributed by atoms with Gasteiger partial charge in [0.15, 0.2) is 11.2 Å². The largest absolute Gasteiger partial charge is 0.332 e. The lowest BCUT2D eigenvalue weighted by molar-refractivity contribution is 0.660. The molecule has 8 heteroatoms. The monoisotopic (exact) mass is 310 g/mol. The molecule has 3 aromatic heterocycles. The molecule has 0 aliphatic carbocycles. The highest BCUT2D eigenvalue weighted by molar-refractivity contribution is 7.16. The molecule has 3 rings (SSSR count). The van der Waals surface area contributed by atoms with Crippen molar-refractivity contribution in [2.24, 2.45) is 14.1 Å². The quantitative estimate of drug-likeness (QED) is 0.714. The maximum atomic E-state index is 12.5. The molecule has 0 saturated carbocycles. The van der Waals surface area contributed by atoms with Gasteiger partial charge in [-0.2, -0.15) is 0 Å². The van der Waals surface area contributed by atoms with Gasteiger partial charge < -0.3 is 4.57 Å². The molecule has 0 aliphatic heterocycles. The zero-order valence-corrected chi connectivity index (χ0v) is 12.4. The van der Waals surface area contributed by atoms with Gasteiger partial charge in [-0.05, 0) is 12.1 Å². The summed E-state index contributed by atoms with van der Waals surface area (Å²) in [5, 5.41) is 0. The topological polar surface area (TPSA) is 61.8 Å². The van der Waals surface area contributed by atoms with Gasteiger partial charge in [0.2, 0.25) is 0 Å². The number of halogens is 1. The van der Waals surface area contributed by atoms with Crippen molar-refractivity contribution in [1.29, 1.82) is 0 Å². The van der Waals surface area contributed by atoms with Crippen LogP contribution in [0, 0.1) is 0 Å². The van der Waals surface area contributed by atoms with Gasteiger partial charge in [0.25, 0.3) is 5.56 Å². The van der Waals surface area contributed by atoms with Gasteiger partial charge in [-0.3, -0.25) is 13.9 Å². The summed E-state index contributed by atoms with van der Waals surface area (Å²) < 4.78 is 4.83. The fraction of sp³-hybridized carbons (Fsp3) is 0.250. The summed E-state index contributed by atoms with van der Waals surface area (Å²) in [6.07, 6.45) is 1.53. The molecule has 0 aliphatic rings. The van der Waals surface area contributed by atoms with Crippen LogP contribution in [-0.2, 0) is 20.6 Å². The van der Waals surface area contributed by atoms with E-state index in [1.165, 1.54) is 26.8 Å². The molecular formula is C12H11ClN4O2S. The summed E-state index contributed by atoms with van der Waals surface area (Å²) in [5.41, 5.74) is 0.0797. The molecule has 0 radical (unpaired) electrons. The third-order valence-electron chi connectivity index (χ3n) is 3.14. The number of hydrogen-bond donors (Lipinski definition) is 0. The van der Waals surface area contributed by atoms with Gasteiger partial charge in [-0.15, -0.1) is 11.3 Å². The van der Waals surface area contributed by atoms with Crippen LogP contribution in [0.5, 0.6) is 0 Å². The van der Waals surface area contributed by atoms with Crippen molar-refractivity contribution >= 4 is 34.1 Å². The number of fused-ring (bicyclic) bond motifs is 1. The SMILES string of the molecule is Cn1cnc2c1c(=O)n(Cc1ccc(Cl)s1)c(=O)n2C. The van der Waals surface area contributed by atoms with E-state index in [9.17, 15) is 9.59 Å². The predicted molar refractivity (Wildman–Crippen MR) is 78.6 cm³/mol. The fourth-order valence-electron chi connectivity index (χ4n) is 2.13. The van der Waals surface area contributed by atoms with Gasteiger partial charge in [0.05, 0.1) is 17.2 Å². The normalized spacial score (nSPS) is 11.3. The highest BCUT2D eigenvalue weighted by Gasteiger charge is 2.15. The van der Waals surface area contributed by atoms with E-state index < -0.39 is 0 Å². The van der Waals surface area contributed by atoms with Crippen molar-refractivity contribution in [1.82, 2.24) is 18.7 Å². The second-order valence-electron chi connectivity index (χ2n) is 4.47. The molecule has 3 heterocycles. The van der Waals surface area contributed by atoms with E-state index in [0.717, 1.165) is 4.88 Å². The Labute approximate surface area is 122 Å². The molecule has 0 aromatic carbocycles. The maximum absolute atomic E-state index is 12.5. The van der Waals surface area contributed by atoms with Crippen molar-refractivity contribution in [3.05, 3.63) is 48.5 Å². The number of nitrogens with zero attached hydrogens (tertiary/aromatic N) is 4. The van der Waals surface area contributed by atoms with E-state index in [1.807, 2.05) is 6.07 Å². The second kappa shape index (κ2) is 4.60. The van der Waals surface area contributed by atoms with Crippen molar-refractivity contribution in [3.63, 3.8) is 0 Å². The molecule has 20 heavy (non-hydrogen) atoms. The zero-order chi connectivity index (χ0) is 14.4. The van der Waals surface area contributed by atoms with Crippen molar-refractivity contribution < 1.29 is 0 Å². The predicted octanol–water partition coefficient (Wildman–Crippen LogP) is 1.20. The van der Waals surface area contributed by atoms with Gasteiger partial charge >= 0.3 is 5.69 Å². The summed E-state index contributed by atoms with van der Waals surface area (Å²) in [6.45, 7) is 0.212. The molecule has 0 spiro atoms. The molecule has 0 amide bonds. The minimum atomic E-state index is -0.384. The van der Waals surface area contributed by atoms with Gasteiger partial charge in [-0.1, -0.05) is 11.6 Å². The summed E-state index contributed by atoms with van der Waals surface area (Å²) in [5.74, 6) is 0. The molecule has 0 atom stereocenters. The standard InChI is InChI=1S/C12H11ClN4O2S/c1-15-6-14-10-9(15)11(18)17(12(19)16(10)2)5-7-3-4-8(13)20-7/h3-4,6H,5H2,1-2H3. The van der Waals surface area contributed by atoms with Crippen LogP contribution in [0.3, 0.4) is 0 Å². The molecule has 0 fully saturated rings.